The zero-order chi connectivity index (χ0) is 18.5. The van der Waals surface area contributed by atoms with Crippen molar-refractivity contribution < 1.29 is 4.79 Å². The van der Waals surface area contributed by atoms with Crippen LogP contribution < -0.4 is 5.32 Å². The van der Waals surface area contributed by atoms with E-state index < -0.39 is 0 Å². The Kier molecular flexibility index (Phi) is 8.97. The van der Waals surface area contributed by atoms with E-state index in [1.807, 2.05) is 30.3 Å². The lowest BCUT2D eigenvalue weighted by atomic mass is 10.0. The summed E-state index contributed by atoms with van der Waals surface area (Å²) in [5, 5.41) is 5.80. The van der Waals surface area contributed by atoms with Gasteiger partial charge in [0.25, 0.3) is 5.91 Å². The third kappa shape index (κ3) is 6.20. The molecule has 0 bridgehead atoms. The molecule has 1 amide bonds. The molecule has 3 aromatic rings. The summed E-state index contributed by atoms with van der Waals surface area (Å²) >= 11 is 0. The smallest absolute Gasteiger partial charge is 0.251 e. The van der Waals surface area contributed by atoms with Gasteiger partial charge < -0.3 is 10.2 Å². The van der Waals surface area contributed by atoms with Gasteiger partial charge in [-0.15, -0.1) is 24.8 Å². The highest BCUT2D eigenvalue weighted by molar-refractivity contribution is 5.94. The number of nitrogens with one attached hydrogen (secondary N) is 1. The van der Waals surface area contributed by atoms with Gasteiger partial charge in [0.1, 0.15) is 0 Å². The molecule has 1 fully saturated rings. The van der Waals surface area contributed by atoms with Gasteiger partial charge >= 0.3 is 0 Å². The van der Waals surface area contributed by atoms with Crippen molar-refractivity contribution in [2.24, 2.45) is 0 Å². The molecule has 1 heterocycles. The number of carbonyl (C=O) groups is 1. The second-order valence-corrected chi connectivity index (χ2v) is 7.39. The number of hydrogen-bond donors (Lipinski definition) is 1. The Bertz CT molecular complexity index is 909. The number of amides is 1. The molecule has 29 heavy (non-hydrogen) atoms. The normalized spacial score (nSPS) is 14.6. The van der Waals surface area contributed by atoms with E-state index in [1.165, 1.54) is 16.3 Å². The maximum absolute atomic E-state index is 12.3. The van der Waals surface area contributed by atoms with E-state index >= 15 is 0 Å². The van der Waals surface area contributed by atoms with E-state index in [-0.39, 0.29) is 36.8 Å². The minimum Gasteiger partial charge on any atom is -0.349 e. The predicted octanol–water partition coefficient (Wildman–Crippen LogP) is 5.12. The molecule has 1 aliphatic rings. The van der Waals surface area contributed by atoms with Crippen molar-refractivity contribution in [3.8, 4) is 0 Å². The maximum atomic E-state index is 12.3. The van der Waals surface area contributed by atoms with E-state index in [0.717, 1.165) is 44.5 Å². The van der Waals surface area contributed by atoms with Crippen LogP contribution in [0.5, 0.6) is 0 Å². The number of nitrogens with zero attached hydrogens (tertiary/aromatic N) is 1. The van der Waals surface area contributed by atoms with Crippen molar-refractivity contribution in [3.63, 3.8) is 0 Å². The second kappa shape index (κ2) is 11.2. The standard InChI is InChI=1S/C24H26N2O.2ClH/c27-24(21-7-2-1-3-8-21)25-23-13-16-26(17-14-23)15-12-19-10-11-20-6-4-5-9-22(20)18-19;;/h1-11,18,23H,12-17H2,(H,25,27);2*1H. The van der Waals surface area contributed by atoms with Gasteiger partial charge in [0.2, 0.25) is 0 Å². The average molecular weight is 431 g/mol. The van der Waals surface area contributed by atoms with Crippen molar-refractivity contribution in [1.29, 1.82) is 0 Å². The van der Waals surface area contributed by atoms with Gasteiger partial charge in [0.05, 0.1) is 0 Å². The third-order valence-corrected chi connectivity index (χ3v) is 5.49. The summed E-state index contributed by atoms with van der Waals surface area (Å²) in [6.07, 6.45) is 3.12. The van der Waals surface area contributed by atoms with E-state index in [0.29, 0.717) is 0 Å². The first-order valence-electron chi connectivity index (χ1n) is 9.84. The Hall–Kier alpha value is -2.07. The minimum absolute atomic E-state index is 0. The van der Waals surface area contributed by atoms with Crippen LogP contribution in [0.1, 0.15) is 28.8 Å². The van der Waals surface area contributed by atoms with E-state index in [9.17, 15) is 4.79 Å². The van der Waals surface area contributed by atoms with Crippen LogP contribution in [0, 0.1) is 0 Å². The Morgan fingerprint density at radius 2 is 1.52 bits per heavy atom. The quantitative estimate of drug-likeness (QED) is 0.608. The van der Waals surface area contributed by atoms with Crippen molar-refractivity contribution >= 4 is 41.5 Å². The largest absolute Gasteiger partial charge is 0.349 e. The molecule has 0 atom stereocenters. The van der Waals surface area contributed by atoms with Gasteiger partial charge in [0.15, 0.2) is 0 Å². The minimum atomic E-state index is 0. The lowest BCUT2D eigenvalue weighted by Gasteiger charge is -2.32. The molecule has 0 aliphatic carbocycles. The van der Waals surface area contributed by atoms with Crippen molar-refractivity contribution in [2.75, 3.05) is 19.6 Å². The number of carbonyl (C=O) groups excluding carboxylic acids is 1. The summed E-state index contributed by atoms with van der Waals surface area (Å²) in [4.78, 5) is 14.8. The lowest BCUT2D eigenvalue weighted by Crippen LogP contribution is -2.45. The Balaban J connectivity index is 0.00000150. The molecular formula is C24H28Cl2N2O. The summed E-state index contributed by atoms with van der Waals surface area (Å²) in [5.74, 6) is 0.0465. The van der Waals surface area contributed by atoms with Gasteiger partial charge in [-0.3, -0.25) is 4.79 Å². The Morgan fingerprint density at radius 1 is 0.862 bits per heavy atom. The fourth-order valence-corrected chi connectivity index (χ4v) is 3.84. The SMILES string of the molecule is Cl.Cl.O=C(NC1CCN(CCc2ccc3ccccc3c2)CC1)c1ccccc1. The second-order valence-electron chi connectivity index (χ2n) is 7.39. The predicted molar refractivity (Wildman–Crippen MR) is 126 cm³/mol. The topological polar surface area (TPSA) is 32.3 Å². The molecule has 0 saturated carbocycles. The first kappa shape index (κ1) is 23.2. The summed E-state index contributed by atoms with van der Waals surface area (Å²) in [6.45, 7) is 3.18. The molecule has 1 N–H and O–H groups in total. The number of benzene rings is 3. The van der Waals surface area contributed by atoms with Crippen LogP contribution in [0.2, 0.25) is 0 Å². The van der Waals surface area contributed by atoms with Crippen molar-refractivity contribution in [2.45, 2.75) is 25.3 Å². The summed E-state index contributed by atoms with van der Waals surface area (Å²) in [5.41, 5.74) is 2.14. The average Bonchev–Trinajstić information content (AvgIpc) is 2.74. The molecule has 3 aromatic carbocycles. The number of hydrogen-bond acceptors (Lipinski definition) is 2. The highest BCUT2D eigenvalue weighted by atomic mass is 35.5. The molecule has 5 heteroatoms. The van der Waals surface area contributed by atoms with Crippen molar-refractivity contribution in [1.82, 2.24) is 10.2 Å². The van der Waals surface area contributed by atoms with Gasteiger partial charge in [0, 0.05) is 31.2 Å². The first-order valence-corrected chi connectivity index (χ1v) is 9.84. The summed E-state index contributed by atoms with van der Waals surface area (Å²) in [6, 6.07) is 25.1. The van der Waals surface area contributed by atoms with Crippen LogP contribution in [0.4, 0.5) is 0 Å². The van der Waals surface area contributed by atoms with E-state index in [4.69, 9.17) is 0 Å². The van der Waals surface area contributed by atoms with E-state index in [2.05, 4.69) is 52.7 Å². The molecule has 0 aromatic heterocycles. The van der Waals surface area contributed by atoms with Crippen LogP contribution in [0.3, 0.4) is 0 Å². The monoisotopic (exact) mass is 430 g/mol. The zero-order valence-corrected chi connectivity index (χ0v) is 18.1. The molecular weight excluding hydrogens is 403 g/mol. The zero-order valence-electron chi connectivity index (χ0n) is 16.4. The van der Waals surface area contributed by atoms with Crippen LogP contribution in [0.25, 0.3) is 10.8 Å². The Morgan fingerprint density at radius 3 is 2.24 bits per heavy atom. The molecule has 1 saturated heterocycles. The summed E-state index contributed by atoms with van der Waals surface area (Å²) < 4.78 is 0. The number of rotatable bonds is 5. The fraction of sp³-hybridized carbons (Fsp3) is 0.292. The molecule has 4 rings (SSSR count). The first-order chi connectivity index (χ1) is 13.3. The van der Waals surface area contributed by atoms with Crippen LogP contribution >= 0.6 is 24.8 Å². The highest BCUT2D eigenvalue weighted by Crippen LogP contribution is 2.17. The number of fused-ring (bicyclic) bond motifs is 1. The van der Waals surface area contributed by atoms with Crippen LogP contribution in [-0.4, -0.2) is 36.5 Å². The molecule has 3 nitrogen and oxygen atoms in total. The highest BCUT2D eigenvalue weighted by Gasteiger charge is 2.20. The molecule has 0 radical (unpaired) electrons. The van der Waals surface area contributed by atoms with Gasteiger partial charge in [-0.25, -0.2) is 0 Å². The molecule has 0 unspecified atom stereocenters. The van der Waals surface area contributed by atoms with Gasteiger partial charge in [-0.1, -0.05) is 60.7 Å². The third-order valence-electron chi connectivity index (χ3n) is 5.49. The van der Waals surface area contributed by atoms with Crippen LogP contribution in [0.15, 0.2) is 72.8 Å². The fourth-order valence-electron chi connectivity index (χ4n) is 3.84. The number of likely N-dealkylation sites (tertiary alicyclic amines) is 1. The number of halogens is 2. The number of piperidine rings is 1. The van der Waals surface area contributed by atoms with Crippen LogP contribution in [-0.2, 0) is 6.42 Å². The Labute approximate surface area is 185 Å². The molecule has 154 valence electrons. The molecule has 1 aliphatic heterocycles. The van der Waals surface area contributed by atoms with Gasteiger partial charge in [-0.2, -0.15) is 0 Å². The molecule has 0 spiro atoms. The summed E-state index contributed by atoms with van der Waals surface area (Å²) in [7, 11) is 0. The van der Waals surface area contributed by atoms with Crippen molar-refractivity contribution in [3.05, 3.63) is 83.9 Å². The van der Waals surface area contributed by atoms with Gasteiger partial charge in [-0.05, 0) is 47.7 Å². The van der Waals surface area contributed by atoms with E-state index in [1.54, 1.807) is 0 Å². The maximum Gasteiger partial charge on any atom is 0.251 e. The lowest BCUT2D eigenvalue weighted by molar-refractivity contribution is 0.0911.